The second-order valence-electron chi connectivity index (χ2n) is 2.59. The Morgan fingerprint density at radius 1 is 1.50 bits per heavy atom. The van der Waals surface area contributed by atoms with E-state index in [0.717, 1.165) is 10.6 Å². The minimum atomic E-state index is -1.09. The highest BCUT2D eigenvalue weighted by atomic mass is 16.4. The highest BCUT2D eigenvalue weighted by Crippen LogP contribution is 2.00. The molecule has 7 heteroatoms. The summed E-state index contributed by atoms with van der Waals surface area (Å²) in [6, 6.07) is 0.809. The lowest BCUT2D eigenvalue weighted by atomic mass is 10.4. The zero-order chi connectivity index (χ0) is 10.7. The zero-order valence-electron chi connectivity index (χ0n) is 7.06. The largest absolute Gasteiger partial charge is 0.494 e. The number of nitrogens with one attached hydrogen (secondary N) is 1. The maximum atomic E-state index is 11.0. The third-order valence-electron chi connectivity index (χ3n) is 1.56. The lowest BCUT2D eigenvalue weighted by Gasteiger charge is -2.04. The number of aromatic amines is 1. The van der Waals surface area contributed by atoms with E-state index in [1.807, 2.05) is 4.98 Å². The molecule has 0 spiro atoms. The fourth-order valence-electron chi connectivity index (χ4n) is 0.932. The van der Waals surface area contributed by atoms with Crippen LogP contribution in [0.15, 0.2) is 15.7 Å². The lowest BCUT2D eigenvalue weighted by Crippen LogP contribution is -2.29. The van der Waals surface area contributed by atoms with Crippen molar-refractivity contribution in [2.24, 2.45) is 0 Å². The third kappa shape index (κ3) is 2.22. The van der Waals surface area contributed by atoms with E-state index in [9.17, 15) is 14.4 Å². The van der Waals surface area contributed by atoms with Crippen LogP contribution in [-0.4, -0.2) is 25.7 Å². The number of H-pyrrole nitrogens is 1. The monoisotopic (exact) mass is 200 g/mol. The summed E-state index contributed by atoms with van der Waals surface area (Å²) in [5.41, 5.74) is -1.55. The van der Waals surface area contributed by atoms with E-state index in [2.05, 4.69) is 0 Å². The van der Waals surface area contributed by atoms with E-state index < -0.39 is 23.1 Å². The van der Waals surface area contributed by atoms with Crippen LogP contribution in [-0.2, 0) is 11.3 Å². The zero-order valence-corrected chi connectivity index (χ0v) is 7.06. The van der Waals surface area contributed by atoms with Gasteiger partial charge < -0.3 is 10.2 Å². The van der Waals surface area contributed by atoms with Gasteiger partial charge in [-0.05, 0) is 0 Å². The van der Waals surface area contributed by atoms with Gasteiger partial charge in [0.15, 0.2) is 0 Å². The summed E-state index contributed by atoms with van der Waals surface area (Å²) in [6.07, 6.45) is -0.306. The normalized spacial score (nSPS) is 10.0. The van der Waals surface area contributed by atoms with Gasteiger partial charge in [0.05, 0.1) is 12.5 Å². The Morgan fingerprint density at radius 2 is 2.14 bits per heavy atom. The molecule has 1 heterocycles. The second-order valence-corrected chi connectivity index (χ2v) is 2.59. The van der Waals surface area contributed by atoms with Gasteiger partial charge in [0.2, 0.25) is 5.88 Å². The lowest BCUT2D eigenvalue weighted by molar-refractivity contribution is -0.137. The van der Waals surface area contributed by atoms with E-state index in [0.29, 0.717) is 0 Å². The van der Waals surface area contributed by atoms with Crippen molar-refractivity contribution < 1.29 is 15.0 Å². The van der Waals surface area contributed by atoms with Gasteiger partial charge >= 0.3 is 11.7 Å². The molecule has 0 aliphatic heterocycles. The summed E-state index contributed by atoms with van der Waals surface area (Å²) in [7, 11) is 0. The van der Waals surface area contributed by atoms with Gasteiger partial charge in [-0.3, -0.25) is 19.1 Å². The predicted octanol–water partition coefficient (Wildman–Crippen LogP) is -1.28. The molecule has 0 saturated heterocycles. The Bertz CT molecular complexity index is 458. The van der Waals surface area contributed by atoms with Crippen molar-refractivity contribution in [3.63, 3.8) is 0 Å². The Hall–Kier alpha value is -2.05. The molecule has 14 heavy (non-hydrogen) atoms. The quantitative estimate of drug-likeness (QED) is 0.562. The van der Waals surface area contributed by atoms with Crippen LogP contribution in [0, 0.1) is 0 Å². The summed E-state index contributed by atoms with van der Waals surface area (Å²) < 4.78 is 0.773. The van der Waals surface area contributed by atoms with Crippen LogP contribution < -0.4 is 11.2 Å². The fourth-order valence-corrected chi connectivity index (χ4v) is 0.932. The smallest absolute Gasteiger partial charge is 0.331 e. The van der Waals surface area contributed by atoms with Crippen LogP contribution in [0.25, 0.3) is 0 Å². The van der Waals surface area contributed by atoms with Gasteiger partial charge in [-0.25, -0.2) is 4.79 Å². The van der Waals surface area contributed by atoms with Crippen LogP contribution in [0.1, 0.15) is 6.42 Å². The summed E-state index contributed by atoms with van der Waals surface area (Å²) in [5, 5.41) is 17.5. The van der Waals surface area contributed by atoms with Crippen molar-refractivity contribution in [3.05, 3.63) is 26.9 Å². The molecular formula is C7H8N2O5. The van der Waals surface area contributed by atoms with Crippen LogP contribution in [0.3, 0.4) is 0 Å². The molecule has 0 unspecified atom stereocenters. The van der Waals surface area contributed by atoms with Crippen molar-refractivity contribution in [2.45, 2.75) is 13.0 Å². The van der Waals surface area contributed by atoms with Gasteiger partial charge in [0.25, 0.3) is 5.56 Å². The molecule has 76 valence electrons. The van der Waals surface area contributed by atoms with Crippen LogP contribution in [0.2, 0.25) is 0 Å². The summed E-state index contributed by atoms with van der Waals surface area (Å²) in [6.45, 7) is -0.184. The number of aliphatic carboxylic acids is 1. The van der Waals surface area contributed by atoms with Crippen molar-refractivity contribution in [3.8, 4) is 5.88 Å². The van der Waals surface area contributed by atoms with Crippen molar-refractivity contribution in [1.29, 1.82) is 0 Å². The van der Waals surface area contributed by atoms with Crippen LogP contribution in [0.5, 0.6) is 5.88 Å². The van der Waals surface area contributed by atoms with Gasteiger partial charge in [-0.1, -0.05) is 0 Å². The highest BCUT2D eigenvalue weighted by Gasteiger charge is 2.05. The molecule has 3 N–H and O–H groups in total. The number of aromatic nitrogens is 2. The average molecular weight is 200 g/mol. The molecule has 7 nitrogen and oxygen atoms in total. The maximum absolute atomic E-state index is 11.0. The summed E-state index contributed by atoms with van der Waals surface area (Å²) >= 11 is 0. The number of aromatic hydroxyl groups is 1. The Balaban J connectivity index is 3.03. The summed E-state index contributed by atoms with van der Waals surface area (Å²) in [4.78, 5) is 33.8. The van der Waals surface area contributed by atoms with E-state index in [4.69, 9.17) is 10.2 Å². The SMILES string of the molecule is O=C(O)CCn1c(O)cc(=O)[nH]c1=O. The first-order valence-corrected chi connectivity index (χ1v) is 3.75. The van der Waals surface area contributed by atoms with Gasteiger partial charge in [-0.15, -0.1) is 0 Å². The first kappa shape index (κ1) is 10.0. The molecule has 0 saturated carbocycles. The van der Waals surface area contributed by atoms with E-state index in [-0.39, 0.29) is 13.0 Å². The molecule has 0 aromatic carbocycles. The standard InChI is InChI=1S/C7H8N2O5/c10-4-3-5(11)9(7(14)8-4)2-1-6(12)13/h3,11H,1-2H2,(H,12,13)(H,8,10,14). The van der Waals surface area contributed by atoms with Gasteiger partial charge in [0, 0.05) is 6.54 Å². The molecule has 0 radical (unpaired) electrons. The number of carboxylic acids is 1. The van der Waals surface area contributed by atoms with E-state index >= 15 is 0 Å². The number of nitrogens with zero attached hydrogens (tertiary/aromatic N) is 1. The van der Waals surface area contributed by atoms with Crippen LogP contribution >= 0.6 is 0 Å². The van der Waals surface area contributed by atoms with Crippen LogP contribution in [0.4, 0.5) is 0 Å². The first-order chi connectivity index (χ1) is 6.50. The predicted molar refractivity (Wildman–Crippen MR) is 45.2 cm³/mol. The molecular weight excluding hydrogens is 192 g/mol. The van der Waals surface area contributed by atoms with E-state index in [1.54, 1.807) is 0 Å². The maximum Gasteiger partial charge on any atom is 0.331 e. The molecule has 0 bridgehead atoms. The number of hydrogen-bond acceptors (Lipinski definition) is 4. The first-order valence-electron chi connectivity index (χ1n) is 3.75. The third-order valence-corrected chi connectivity index (χ3v) is 1.56. The Morgan fingerprint density at radius 3 is 2.64 bits per heavy atom. The second kappa shape index (κ2) is 3.77. The highest BCUT2D eigenvalue weighted by molar-refractivity contribution is 5.66. The minimum Gasteiger partial charge on any atom is -0.494 e. The summed E-state index contributed by atoms with van der Waals surface area (Å²) in [5.74, 6) is -1.64. The molecule has 1 aromatic rings. The van der Waals surface area contributed by atoms with Gasteiger partial charge in [-0.2, -0.15) is 0 Å². The molecule has 0 amide bonds. The number of carbonyl (C=O) groups is 1. The van der Waals surface area contributed by atoms with E-state index in [1.165, 1.54) is 0 Å². The molecule has 1 aromatic heterocycles. The van der Waals surface area contributed by atoms with Gasteiger partial charge in [0.1, 0.15) is 0 Å². The molecule has 0 atom stereocenters. The van der Waals surface area contributed by atoms with Crippen molar-refractivity contribution in [1.82, 2.24) is 9.55 Å². The van der Waals surface area contributed by atoms with Crippen molar-refractivity contribution in [2.75, 3.05) is 0 Å². The molecule has 0 fully saturated rings. The molecule has 1 rings (SSSR count). The average Bonchev–Trinajstić information content (AvgIpc) is 2.01. The Kier molecular flexibility index (Phi) is 2.70. The number of carboxylic acid groups (broad SMARTS) is 1. The topological polar surface area (TPSA) is 112 Å². The minimum absolute atomic E-state index is 0.184. The number of rotatable bonds is 3. The Labute approximate surface area is 77.2 Å². The number of hydrogen-bond donors (Lipinski definition) is 3. The molecule has 0 aliphatic rings. The fraction of sp³-hybridized carbons (Fsp3) is 0.286. The van der Waals surface area contributed by atoms with Crippen molar-refractivity contribution >= 4 is 5.97 Å². The molecule has 0 aliphatic carbocycles.